The largest absolute Gasteiger partial charge is 0.364 e. The summed E-state index contributed by atoms with van der Waals surface area (Å²) in [6, 6.07) is 0.735. The summed E-state index contributed by atoms with van der Waals surface area (Å²) in [5.74, 6) is -0.420. The quantitative estimate of drug-likeness (QED) is 0.880. The Hall–Kier alpha value is -1.36. The van der Waals surface area contributed by atoms with Gasteiger partial charge in [-0.1, -0.05) is 0 Å². The Morgan fingerprint density at radius 1 is 1.28 bits per heavy atom. The molecule has 0 aromatic carbocycles. The second kappa shape index (κ2) is 4.72. The molecule has 0 radical (unpaired) electrons. The third-order valence-electron chi connectivity index (χ3n) is 3.57. The Balaban J connectivity index is 2.44. The van der Waals surface area contributed by atoms with E-state index < -0.39 is 5.91 Å². The van der Waals surface area contributed by atoms with Crippen LogP contribution in [0.4, 0.5) is 0 Å². The summed E-state index contributed by atoms with van der Waals surface area (Å²) in [5, 5.41) is 4.40. The van der Waals surface area contributed by atoms with E-state index in [1.165, 1.54) is 5.69 Å². The van der Waals surface area contributed by atoms with Gasteiger partial charge in [0.15, 0.2) is 5.69 Å². The molecule has 2 rings (SSSR count). The highest BCUT2D eigenvalue weighted by Crippen LogP contribution is 2.25. The number of primary amides is 1. The Kier molecular flexibility index (Phi) is 3.43. The Morgan fingerprint density at radius 3 is 2.44 bits per heavy atom. The molecular formula is C13H22N4O. The maximum Gasteiger partial charge on any atom is 0.269 e. The monoisotopic (exact) mass is 250 g/mol. The fourth-order valence-corrected chi connectivity index (χ4v) is 2.53. The van der Waals surface area contributed by atoms with E-state index in [2.05, 4.69) is 37.7 Å². The predicted octanol–water partition coefficient (Wildman–Crippen LogP) is 1.33. The van der Waals surface area contributed by atoms with E-state index in [0.717, 1.165) is 25.1 Å². The molecule has 0 fully saturated rings. The molecule has 1 aromatic heterocycles. The normalized spacial score (nSPS) is 16.3. The summed E-state index contributed by atoms with van der Waals surface area (Å²) < 4.78 is 1.95. The van der Waals surface area contributed by atoms with Gasteiger partial charge in [-0.25, -0.2) is 0 Å². The minimum Gasteiger partial charge on any atom is -0.364 e. The van der Waals surface area contributed by atoms with Crippen molar-refractivity contribution < 1.29 is 4.79 Å². The van der Waals surface area contributed by atoms with Crippen LogP contribution in [-0.2, 0) is 13.0 Å². The van der Waals surface area contributed by atoms with Gasteiger partial charge in [0.05, 0.1) is 0 Å². The molecule has 1 aliphatic heterocycles. The number of carbonyl (C=O) groups excluding carboxylic acids is 1. The Morgan fingerprint density at radius 2 is 1.94 bits per heavy atom. The number of hydrogen-bond donors (Lipinski definition) is 1. The van der Waals surface area contributed by atoms with Gasteiger partial charge in [0, 0.05) is 42.9 Å². The molecule has 2 N–H and O–H groups in total. The molecule has 5 heteroatoms. The molecule has 0 saturated heterocycles. The molecular weight excluding hydrogens is 228 g/mol. The lowest BCUT2D eigenvalue weighted by Crippen LogP contribution is -2.37. The van der Waals surface area contributed by atoms with E-state index >= 15 is 0 Å². The molecule has 1 amide bonds. The average molecular weight is 250 g/mol. The number of nitrogens with zero attached hydrogens (tertiary/aromatic N) is 3. The van der Waals surface area contributed by atoms with Crippen molar-refractivity contribution in [2.75, 3.05) is 6.54 Å². The lowest BCUT2D eigenvalue weighted by molar-refractivity contribution is 0.0991. The number of nitrogens with two attached hydrogens (primary N) is 1. The van der Waals surface area contributed by atoms with Gasteiger partial charge in [0.2, 0.25) is 0 Å². The fraction of sp³-hybridized carbons (Fsp3) is 0.692. The molecule has 0 aliphatic carbocycles. The second-order valence-electron chi connectivity index (χ2n) is 5.49. The molecule has 100 valence electrons. The Bertz CT molecular complexity index is 462. The molecule has 0 spiro atoms. The molecule has 2 heterocycles. The van der Waals surface area contributed by atoms with Crippen LogP contribution in [0.1, 0.15) is 55.5 Å². The van der Waals surface area contributed by atoms with Crippen molar-refractivity contribution in [1.29, 1.82) is 0 Å². The van der Waals surface area contributed by atoms with E-state index in [1.54, 1.807) is 0 Å². The summed E-state index contributed by atoms with van der Waals surface area (Å²) in [5.41, 5.74) is 8.09. The molecule has 0 unspecified atom stereocenters. The summed E-state index contributed by atoms with van der Waals surface area (Å²) in [6.07, 6.45) is 0.936. The molecule has 1 aliphatic rings. The van der Waals surface area contributed by atoms with Crippen LogP contribution in [-0.4, -0.2) is 33.2 Å². The number of aromatic nitrogens is 2. The van der Waals surface area contributed by atoms with Gasteiger partial charge < -0.3 is 5.73 Å². The zero-order valence-corrected chi connectivity index (χ0v) is 11.6. The minimum absolute atomic E-state index is 0.262. The van der Waals surface area contributed by atoms with Crippen LogP contribution >= 0.6 is 0 Å². The van der Waals surface area contributed by atoms with Gasteiger partial charge in [-0.3, -0.25) is 14.4 Å². The minimum atomic E-state index is -0.420. The van der Waals surface area contributed by atoms with Gasteiger partial charge in [0.25, 0.3) is 5.91 Å². The third kappa shape index (κ3) is 2.14. The van der Waals surface area contributed by atoms with Crippen molar-refractivity contribution >= 4 is 5.91 Å². The van der Waals surface area contributed by atoms with Crippen molar-refractivity contribution in [3.8, 4) is 0 Å². The number of amides is 1. The zero-order chi connectivity index (χ0) is 13.4. The highest BCUT2D eigenvalue weighted by atomic mass is 16.1. The molecule has 0 bridgehead atoms. The van der Waals surface area contributed by atoms with Gasteiger partial charge in [-0.2, -0.15) is 5.10 Å². The first-order valence-corrected chi connectivity index (χ1v) is 6.56. The van der Waals surface area contributed by atoms with Crippen molar-refractivity contribution in [1.82, 2.24) is 14.7 Å². The number of rotatable bonds is 3. The topological polar surface area (TPSA) is 64.2 Å². The van der Waals surface area contributed by atoms with E-state index in [0.29, 0.717) is 11.7 Å². The molecule has 1 aromatic rings. The van der Waals surface area contributed by atoms with E-state index in [-0.39, 0.29) is 6.04 Å². The third-order valence-corrected chi connectivity index (χ3v) is 3.57. The van der Waals surface area contributed by atoms with Crippen LogP contribution in [0.5, 0.6) is 0 Å². The van der Waals surface area contributed by atoms with Crippen molar-refractivity contribution in [2.45, 2.75) is 52.7 Å². The number of carbonyl (C=O) groups is 1. The zero-order valence-electron chi connectivity index (χ0n) is 11.6. The van der Waals surface area contributed by atoms with Gasteiger partial charge >= 0.3 is 0 Å². The Labute approximate surface area is 108 Å². The lowest BCUT2D eigenvalue weighted by atomic mass is 10.0. The highest BCUT2D eigenvalue weighted by Gasteiger charge is 2.28. The van der Waals surface area contributed by atoms with Crippen LogP contribution in [0.3, 0.4) is 0 Å². The second-order valence-corrected chi connectivity index (χ2v) is 5.49. The molecule has 18 heavy (non-hydrogen) atoms. The number of fused-ring (bicyclic) bond motifs is 1. The van der Waals surface area contributed by atoms with E-state index in [4.69, 9.17) is 5.73 Å². The maximum absolute atomic E-state index is 11.5. The van der Waals surface area contributed by atoms with Gasteiger partial charge in [-0.05, 0) is 27.7 Å². The van der Waals surface area contributed by atoms with Crippen LogP contribution in [0, 0.1) is 0 Å². The first kappa shape index (κ1) is 13.1. The summed E-state index contributed by atoms with van der Waals surface area (Å²) in [4.78, 5) is 13.9. The van der Waals surface area contributed by atoms with Crippen molar-refractivity contribution in [2.24, 2.45) is 5.73 Å². The summed E-state index contributed by atoms with van der Waals surface area (Å²) >= 11 is 0. The highest BCUT2D eigenvalue weighted by molar-refractivity contribution is 5.92. The molecule has 0 saturated carbocycles. The standard InChI is InChI=1S/C13H22N4O/c1-8(2)16-6-5-11-10(7-16)12(13(14)18)15-17(11)9(3)4/h8-9H,5-7H2,1-4H3,(H2,14,18). The number of hydrogen-bond acceptors (Lipinski definition) is 3. The van der Waals surface area contributed by atoms with Gasteiger partial charge in [-0.15, -0.1) is 0 Å². The van der Waals surface area contributed by atoms with Crippen LogP contribution in [0.2, 0.25) is 0 Å². The fourth-order valence-electron chi connectivity index (χ4n) is 2.53. The molecule has 5 nitrogen and oxygen atoms in total. The van der Waals surface area contributed by atoms with Crippen LogP contribution in [0.15, 0.2) is 0 Å². The first-order chi connectivity index (χ1) is 8.41. The smallest absolute Gasteiger partial charge is 0.269 e. The average Bonchev–Trinajstić information content (AvgIpc) is 2.67. The van der Waals surface area contributed by atoms with E-state index in [1.807, 2.05) is 4.68 Å². The summed E-state index contributed by atoms with van der Waals surface area (Å²) in [7, 11) is 0. The van der Waals surface area contributed by atoms with Crippen LogP contribution in [0.25, 0.3) is 0 Å². The maximum atomic E-state index is 11.5. The SMILES string of the molecule is CC(C)N1CCc2c(c(C(N)=O)nn2C(C)C)C1. The van der Waals surface area contributed by atoms with Crippen molar-refractivity contribution in [3.05, 3.63) is 17.0 Å². The molecule has 0 atom stereocenters. The van der Waals surface area contributed by atoms with E-state index in [9.17, 15) is 4.79 Å². The van der Waals surface area contributed by atoms with Crippen molar-refractivity contribution in [3.63, 3.8) is 0 Å². The summed E-state index contributed by atoms with van der Waals surface area (Å²) in [6.45, 7) is 10.3. The predicted molar refractivity (Wildman–Crippen MR) is 70.4 cm³/mol. The lowest BCUT2D eigenvalue weighted by Gasteiger charge is -2.31. The van der Waals surface area contributed by atoms with Crippen LogP contribution < -0.4 is 5.73 Å². The first-order valence-electron chi connectivity index (χ1n) is 6.56. The van der Waals surface area contributed by atoms with Gasteiger partial charge in [0.1, 0.15) is 0 Å².